The van der Waals surface area contributed by atoms with E-state index in [1.807, 2.05) is 45.9 Å². The second-order valence-corrected chi connectivity index (χ2v) is 4.90. The first-order chi connectivity index (χ1) is 12.2. The number of hydrogen-bond donors (Lipinski definition) is 2. The van der Waals surface area contributed by atoms with Crippen LogP contribution in [-0.4, -0.2) is 10.2 Å². The standard InChI is InChI=1S/C17H9NO3.2C2H6/c18-8-14-15(20)6-5-13-12-3-1-9-7-10(19)2-4-11(9)16(12)21-17(13)14;2*1-2/h1-7,19-20H;2*1-2H3. The van der Waals surface area contributed by atoms with Gasteiger partial charge >= 0.3 is 0 Å². The molecule has 2 N–H and O–H groups in total. The van der Waals surface area contributed by atoms with Crippen molar-refractivity contribution in [1.29, 1.82) is 5.26 Å². The SMILES string of the molecule is CC.CC.N#Cc1c(O)ccc2c1oc1c3ccc(O)cc3ccc21. The van der Waals surface area contributed by atoms with Crippen LogP contribution in [0.4, 0.5) is 0 Å². The van der Waals surface area contributed by atoms with Crippen LogP contribution in [0.3, 0.4) is 0 Å². The molecule has 0 atom stereocenters. The lowest BCUT2D eigenvalue weighted by Gasteiger charge is -1.99. The first-order valence-corrected chi connectivity index (χ1v) is 8.39. The highest BCUT2D eigenvalue weighted by Gasteiger charge is 2.15. The lowest BCUT2D eigenvalue weighted by molar-refractivity contribution is 0.473. The van der Waals surface area contributed by atoms with Crippen molar-refractivity contribution >= 4 is 32.7 Å². The van der Waals surface area contributed by atoms with Crippen molar-refractivity contribution in [3.05, 3.63) is 48.0 Å². The monoisotopic (exact) mass is 335 g/mol. The van der Waals surface area contributed by atoms with Gasteiger partial charge in [0.15, 0.2) is 5.58 Å². The zero-order chi connectivity index (χ0) is 18.6. The van der Waals surface area contributed by atoms with E-state index in [0.29, 0.717) is 11.2 Å². The Balaban J connectivity index is 0.000000528. The Bertz CT molecular complexity index is 1070. The van der Waals surface area contributed by atoms with Crippen molar-refractivity contribution in [1.82, 2.24) is 0 Å². The summed E-state index contributed by atoms with van der Waals surface area (Å²) in [6, 6.07) is 14.0. The second-order valence-electron chi connectivity index (χ2n) is 4.90. The molecule has 0 bridgehead atoms. The summed E-state index contributed by atoms with van der Waals surface area (Å²) in [5.41, 5.74) is 1.16. The van der Waals surface area contributed by atoms with Crippen molar-refractivity contribution in [2.45, 2.75) is 27.7 Å². The lowest BCUT2D eigenvalue weighted by Crippen LogP contribution is -1.76. The van der Waals surface area contributed by atoms with Gasteiger partial charge in [0.2, 0.25) is 0 Å². The molecule has 25 heavy (non-hydrogen) atoms. The van der Waals surface area contributed by atoms with Gasteiger partial charge in [-0.2, -0.15) is 5.26 Å². The van der Waals surface area contributed by atoms with Gasteiger partial charge in [0.25, 0.3) is 0 Å². The van der Waals surface area contributed by atoms with Crippen LogP contribution < -0.4 is 0 Å². The van der Waals surface area contributed by atoms with E-state index in [4.69, 9.17) is 4.42 Å². The number of benzene rings is 3. The van der Waals surface area contributed by atoms with Crippen LogP contribution in [0.1, 0.15) is 33.3 Å². The normalized spacial score (nSPS) is 9.88. The van der Waals surface area contributed by atoms with E-state index in [0.717, 1.165) is 21.5 Å². The molecular weight excluding hydrogens is 314 g/mol. The third-order valence-electron chi connectivity index (χ3n) is 3.70. The third kappa shape index (κ3) is 2.97. The van der Waals surface area contributed by atoms with Gasteiger partial charge in [0.05, 0.1) is 0 Å². The van der Waals surface area contributed by atoms with E-state index in [-0.39, 0.29) is 17.1 Å². The number of fused-ring (bicyclic) bond motifs is 5. The fraction of sp³-hybridized carbons (Fsp3) is 0.190. The average molecular weight is 335 g/mol. The summed E-state index contributed by atoms with van der Waals surface area (Å²) in [7, 11) is 0. The maximum absolute atomic E-state index is 9.77. The van der Waals surface area contributed by atoms with E-state index < -0.39 is 0 Å². The summed E-state index contributed by atoms with van der Waals surface area (Å²) < 4.78 is 5.84. The number of nitriles is 1. The summed E-state index contributed by atoms with van der Waals surface area (Å²) in [5.74, 6) is 0.0966. The predicted octanol–water partition coefficient (Wildman–Crippen LogP) is 6.07. The van der Waals surface area contributed by atoms with Gasteiger partial charge in [-0.25, -0.2) is 0 Å². The Morgan fingerprint density at radius 3 is 2.08 bits per heavy atom. The molecule has 4 rings (SSSR count). The molecule has 0 saturated carbocycles. The fourth-order valence-electron chi connectivity index (χ4n) is 2.71. The van der Waals surface area contributed by atoms with Crippen molar-refractivity contribution in [3.63, 3.8) is 0 Å². The molecule has 4 aromatic rings. The van der Waals surface area contributed by atoms with Gasteiger partial charge in [-0.15, -0.1) is 0 Å². The average Bonchev–Trinajstić information content (AvgIpc) is 3.03. The van der Waals surface area contributed by atoms with E-state index in [9.17, 15) is 15.5 Å². The van der Waals surface area contributed by atoms with Crippen LogP contribution in [0.5, 0.6) is 11.5 Å². The quantitative estimate of drug-likeness (QED) is 0.408. The molecule has 0 fully saturated rings. The van der Waals surface area contributed by atoms with Gasteiger partial charge < -0.3 is 14.6 Å². The maximum Gasteiger partial charge on any atom is 0.156 e. The molecule has 0 saturated heterocycles. The third-order valence-corrected chi connectivity index (χ3v) is 3.70. The second kappa shape index (κ2) is 7.59. The Labute approximate surface area is 146 Å². The van der Waals surface area contributed by atoms with Gasteiger partial charge in [-0.3, -0.25) is 0 Å². The van der Waals surface area contributed by atoms with Crippen molar-refractivity contribution in [2.75, 3.05) is 0 Å². The van der Waals surface area contributed by atoms with Crippen molar-refractivity contribution in [3.8, 4) is 17.6 Å². The van der Waals surface area contributed by atoms with E-state index >= 15 is 0 Å². The maximum atomic E-state index is 9.77. The Morgan fingerprint density at radius 1 is 0.800 bits per heavy atom. The highest BCUT2D eigenvalue weighted by atomic mass is 16.3. The molecule has 3 aromatic carbocycles. The summed E-state index contributed by atoms with van der Waals surface area (Å²) in [6.45, 7) is 8.00. The summed E-state index contributed by atoms with van der Waals surface area (Å²) in [4.78, 5) is 0. The molecule has 4 heteroatoms. The topological polar surface area (TPSA) is 77.4 Å². The van der Waals surface area contributed by atoms with Crippen molar-refractivity contribution < 1.29 is 14.6 Å². The van der Waals surface area contributed by atoms with Crippen LogP contribution in [0.2, 0.25) is 0 Å². The number of rotatable bonds is 0. The van der Waals surface area contributed by atoms with Crippen LogP contribution in [0.15, 0.2) is 46.9 Å². The first kappa shape index (κ1) is 18.2. The van der Waals surface area contributed by atoms with Gasteiger partial charge in [-0.1, -0.05) is 33.8 Å². The Morgan fingerprint density at radius 2 is 1.40 bits per heavy atom. The summed E-state index contributed by atoms with van der Waals surface area (Å²) in [6.07, 6.45) is 0. The molecule has 4 nitrogen and oxygen atoms in total. The Kier molecular flexibility index (Phi) is 5.51. The fourth-order valence-corrected chi connectivity index (χ4v) is 2.71. The molecular formula is C21H21NO3. The largest absolute Gasteiger partial charge is 0.508 e. The molecule has 0 aliphatic heterocycles. The molecule has 1 heterocycles. The zero-order valence-electron chi connectivity index (χ0n) is 14.8. The minimum atomic E-state index is -0.0917. The lowest BCUT2D eigenvalue weighted by atomic mass is 10.0. The number of furan rings is 1. The first-order valence-electron chi connectivity index (χ1n) is 8.39. The highest BCUT2D eigenvalue weighted by molar-refractivity contribution is 6.16. The number of hydrogen-bond acceptors (Lipinski definition) is 4. The molecule has 0 aliphatic carbocycles. The number of aromatic hydroxyl groups is 2. The summed E-state index contributed by atoms with van der Waals surface area (Å²) in [5, 5.41) is 31.9. The van der Waals surface area contributed by atoms with Gasteiger partial charge in [-0.05, 0) is 41.8 Å². The number of phenolic OH excluding ortho intramolecular Hbond substituents is 2. The molecule has 1 aromatic heterocycles. The highest BCUT2D eigenvalue weighted by Crippen LogP contribution is 2.38. The molecule has 0 aliphatic rings. The van der Waals surface area contributed by atoms with Crippen LogP contribution in [0, 0.1) is 11.3 Å². The van der Waals surface area contributed by atoms with E-state index in [1.54, 1.807) is 24.3 Å². The predicted molar refractivity (Wildman–Crippen MR) is 102 cm³/mol. The molecule has 0 amide bonds. The number of phenols is 2. The van der Waals surface area contributed by atoms with Crippen LogP contribution >= 0.6 is 0 Å². The molecule has 0 radical (unpaired) electrons. The van der Waals surface area contributed by atoms with Gasteiger partial charge in [0.1, 0.15) is 28.7 Å². The minimum absolute atomic E-state index is 0.0917. The van der Waals surface area contributed by atoms with Crippen LogP contribution in [-0.2, 0) is 0 Å². The zero-order valence-corrected chi connectivity index (χ0v) is 14.8. The molecule has 0 unspecified atom stereocenters. The Hall–Kier alpha value is -3.19. The van der Waals surface area contributed by atoms with Crippen LogP contribution in [0.25, 0.3) is 32.7 Å². The van der Waals surface area contributed by atoms with E-state index in [1.165, 1.54) is 6.07 Å². The molecule has 128 valence electrons. The van der Waals surface area contributed by atoms with E-state index in [2.05, 4.69) is 0 Å². The van der Waals surface area contributed by atoms with Gasteiger partial charge in [0, 0.05) is 16.2 Å². The smallest absolute Gasteiger partial charge is 0.156 e. The summed E-state index contributed by atoms with van der Waals surface area (Å²) >= 11 is 0. The number of nitrogens with zero attached hydrogens (tertiary/aromatic N) is 1. The molecule has 0 spiro atoms. The minimum Gasteiger partial charge on any atom is -0.508 e. The van der Waals surface area contributed by atoms with Crippen molar-refractivity contribution in [2.24, 2.45) is 0 Å².